The van der Waals surface area contributed by atoms with Crippen molar-refractivity contribution in [3.8, 4) is 0 Å². The van der Waals surface area contributed by atoms with Crippen LogP contribution in [-0.4, -0.2) is 11.3 Å². The second-order valence-electron chi connectivity index (χ2n) is 3.98. The first kappa shape index (κ1) is 8.54. The largest absolute Gasteiger partial charge is 0.385 e. The number of oxime groups is 1. The van der Waals surface area contributed by atoms with Gasteiger partial charge in [0.15, 0.2) is 5.60 Å². The van der Waals surface area contributed by atoms with Crippen molar-refractivity contribution >= 4 is 5.71 Å². The highest BCUT2D eigenvalue weighted by Gasteiger charge is 2.36. The van der Waals surface area contributed by atoms with Crippen molar-refractivity contribution in [2.75, 3.05) is 0 Å². The third-order valence-corrected chi connectivity index (χ3v) is 2.69. The average molecular weight is 177 g/mol. The topological polar surface area (TPSA) is 21.6 Å². The van der Waals surface area contributed by atoms with E-state index in [-0.39, 0.29) is 5.60 Å². The summed E-state index contributed by atoms with van der Waals surface area (Å²) < 4.78 is 0. The first-order valence-corrected chi connectivity index (χ1v) is 4.78. The molecule has 0 spiro atoms. The molecule has 0 saturated heterocycles. The van der Waals surface area contributed by atoms with E-state index in [1.807, 2.05) is 6.92 Å². The van der Waals surface area contributed by atoms with E-state index < -0.39 is 0 Å². The molecular formula is C11H15NO. The smallest absolute Gasteiger partial charge is 0.161 e. The summed E-state index contributed by atoms with van der Waals surface area (Å²) in [5, 5.41) is 4.02. The van der Waals surface area contributed by atoms with E-state index in [2.05, 4.69) is 30.3 Å². The van der Waals surface area contributed by atoms with Gasteiger partial charge in [0.05, 0.1) is 5.71 Å². The Bertz CT molecular complexity index is 301. The van der Waals surface area contributed by atoms with Crippen LogP contribution in [0.4, 0.5) is 0 Å². The van der Waals surface area contributed by atoms with E-state index in [4.69, 9.17) is 4.84 Å². The number of rotatable bonds is 1. The van der Waals surface area contributed by atoms with Crippen molar-refractivity contribution in [2.24, 2.45) is 5.16 Å². The lowest BCUT2D eigenvalue weighted by Crippen LogP contribution is -2.27. The van der Waals surface area contributed by atoms with E-state index in [1.54, 1.807) is 0 Å². The van der Waals surface area contributed by atoms with Crippen LogP contribution in [0.3, 0.4) is 0 Å². The summed E-state index contributed by atoms with van der Waals surface area (Å²) in [5.41, 5.74) is 2.31. The molecule has 1 unspecified atom stereocenters. The Hall–Kier alpha value is -1.05. The van der Waals surface area contributed by atoms with Gasteiger partial charge >= 0.3 is 0 Å². The maximum atomic E-state index is 5.48. The molecule has 0 aromatic carbocycles. The molecule has 1 aliphatic heterocycles. The zero-order chi connectivity index (χ0) is 9.31. The zero-order valence-electron chi connectivity index (χ0n) is 8.21. The minimum absolute atomic E-state index is 0.158. The molecule has 2 rings (SSSR count). The van der Waals surface area contributed by atoms with Crippen LogP contribution < -0.4 is 0 Å². The van der Waals surface area contributed by atoms with E-state index in [0.29, 0.717) is 0 Å². The quantitative estimate of drug-likeness (QED) is 0.603. The maximum absolute atomic E-state index is 5.48. The van der Waals surface area contributed by atoms with Crippen LogP contribution in [0.1, 0.15) is 33.1 Å². The summed E-state index contributed by atoms with van der Waals surface area (Å²) in [6, 6.07) is 0. The van der Waals surface area contributed by atoms with Gasteiger partial charge in [-0.15, -0.1) is 0 Å². The molecule has 0 aromatic heterocycles. The summed E-state index contributed by atoms with van der Waals surface area (Å²) in [5.74, 6) is 0. The van der Waals surface area contributed by atoms with Crippen molar-refractivity contribution in [3.63, 3.8) is 0 Å². The molecule has 0 aromatic rings. The van der Waals surface area contributed by atoms with Gasteiger partial charge in [0, 0.05) is 6.42 Å². The van der Waals surface area contributed by atoms with Gasteiger partial charge in [0.25, 0.3) is 0 Å². The molecule has 2 heteroatoms. The van der Waals surface area contributed by atoms with Gasteiger partial charge < -0.3 is 4.84 Å². The summed E-state index contributed by atoms with van der Waals surface area (Å²) in [6.07, 6.45) is 9.64. The molecule has 70 valence electrons. The Morgan fingerprint density at radius 2 is 2.38 bits per heavy atom. The Labute approximate surface area is 79.0 Å². The fraction of sp³-hybridized carbons (Fsp3) is 0.545. The van der Waals surface area contributed by atoms with E-state index in [1.165, 1.54) is 5.57 Å². The van der Waals surface area contributed by atoms with Gasteiger partial charge in [-0.25, -0.2) is 0 Å². The molecule has 2 nitrogen and oxygen atoms in total. The summed E-state index contributed by atoms with van der Waals surface area (Å²) >= 11 is 0. The molecule has 0 radical (unpaired) electrons. The number of hydrogen-bond acceptors (Lipinski definition) is 2. The zero-order valence-corrected chi connectivity index (χ0v) is 8.21. The molecule has 1 aliphatic carbocycles. The van der Waals surface area contributed by atoms with Crippen molar-refractivity contribution in [1.29, 1.82) is 0 Å². The van der Waals surface area contributed by atoms with Crippen molar-refractivity contribution in [3.05, 3.63) is 23.8 Å². The monoisotopic (exact) mass is 177 g/mol. The molecular weight excluding hydrogens is 162 g/mol. The third kappa shape index (κ3) is 1.53. The second-order valence-corrected chi connectivity index (χ2v) is 3.98. The lowest BCUT2D eigenvalue weighted by molar-refractivity contribution is 0.0240. The maximum Gasteiger partial charge on any atom is 0.161 e. The SMILES string of the molecule is CC1=NOC(C)(C2=CC=CCC2)C1. The number of allylic oxidation sites excluding steroid dienone is 3. The minimum atomic E-state index is -0.158. The molecule has 1 atom stereocenters. The van der Waals surface area contributed by atoms with Gasteiger partial charge in [0.2, 0.25) is 0 Å². The van der Waals surface area contributed by atoms with E-state index in [0.717, 1.165) is 25.0 Å². The first-order chi connectivity index (χ1) is 6.21. The molecule has 2 aliphatic rings. The van der Waals surface area contributed by atoms with Crippen molar-refractivity contribution in [1.82, 2.24) is 0 Å². The highest BCUT2D eigenvalue weighted by Crippen LogP contribution is 2.34. The Balaban J connectivity index is 2.17. The van der Waals surface area contributed by atoms with E-state index in [9.17, 15) is 0 Å². The van der Waals surface area contributed by atoms with Crippen LogP contribution in [0.2, 0.25) is 0 Å². The van der Waals surface area contributed by atoms with Crippen LogP contribution >= 0.6 is 0 Å². The fourth-order valence-corrected chi connectivity index (χ4v) is 1.95. The lowest BCUT2D eigenvalue weighted by Gasteiger charge is -2.25. The number of nitrogens with zero attached hydrogens (tertiary/aromatic N) is 1. The summed E-state index contributed by atoms with van der Waals surface area (Å²) in [4.78, 5) is 5.48. The third-order valence-electron chi connectivity index (χ3n) is 2.69. The summed E-state index contributed by atoms with van der Waals surface area (Å²) in [6.45, 7) is 4.14. The van der Waals surface area contributed by atoms with Crippen LogP contribution in [-0.2, 0) is 4.84 Å². The molecule has 0 saturated carbocycles. The van der Waals surface area contributed by atoms with Crippen LogP contribution in [0.25, 0.3) is 0 Å². The predicted molar refractivity (Wildman–Crippen MR) is 53.7 cm³/mol. The number of hydrogen-bond donors (Lipinski definition) is 0. The van der Waals surface area contributed by atoms with Gasteiger partial charge in [-0.2, -0.15) is 0 Å². The van der Waals surface area contributed by atoms with Crippen LogP contribution in [0, 0.1) is 0 Å². The molecule has 0 bridgehead atoms. The molecule has 0 amide bonds. The van der Waals surface area contributed by atoms with Gasteiger partial charge in [-0.1, -0.05) is 23.4 Å². The molecule has 0 fully saturated rings. The van der Waals surface area contributed by atoms with Crippen LogP contribution in [0.5, 0.6) is 0 Å². The fourth-order valence-electron chi connectivity index (χ4n) is 1.95. The normalized spacial score (nSPS) is 32.5. The lowest BCUT2D eigenvalue weighted by atomic mass is 9.86. The van der Waals surface area contributed by atoms with Crippen LogP contribution in [0.15, 0.2) is 29.0 Å². The Morgan fingerprint density at radius 3 is 2.92 bits per heavy atom. The Kier molecular flexibility index (Phi) is 1.98. The first-order valence-electron chi connectivity index (χ1n) is 4.78. The van der Waals surface area contributed by atoms with Gasteiger partial charge in [-0.05, 0) is 32.3 Å². The molecule has 1 heterocycles. The molecule has 13 heavy (non-hydrogen) atoms. The minimum Gasteiger partial charge on any atom is -0.385 e. The Morgan fingerprint density at radius 1 is 1.54 bits per heavy atom. The second kappa shape index (κ2) is 3.02. The van der Waals surface area contributed by atoms with Crippen molar-refractivity contribution < 1.29 is 4.84 Å². The van der Waals surface area contributed by atoms with Gasteiger partial charge in [0.1, 0.15) is 0 Å². The average Bonchev–Trinajstić information content (AvgIpc) is 2.49. The van der Waals surface area contributed by atoms with Crippen molar-refractivity contribution in [2.45, 2.75) is 38.7 Å². The van der Waals surface area contributed by atoms with Gasteiger partial charge in [-0.3, -0.25) is 0 Å². The predicted octanol–water partition coefficient (Wildman–Crippen LogP) is 2.82. The molecule has 0 N–H and O–H groups in total. The van der Waals surface area contributed by atoms with E-state index >= 15 is 0 Å². The highest BCUT2D eigenvalue weighted by molar-refractivity contribution is 5.84. The standard InChI is InChI=1S/C11H15NO/c1-9-8-11(2,13-12-9)10-6-4-3-5-7-10/h3-4,6H,5,7-8H2,1-2H3. The summed E-state index contributed by atoms with van der Waals surface area (Å²) in [7, 11) is 0. The highest BCUT2D eigenvalue weighted by atomic mass is 16.7.